The molecule has 0 radical (unpaired) electrons. The molecule has 1 aliphatic carbocycles. The van der Waals surface area contributed by atoms with Gasteiger partial charge in [-0.1, -0.05) is 0 Å². The Morgan fingerprint density at radius 2 is 1.97 bits per heavy atom. The number of rotatable bonds is 8. The normalized spacial score (nSPS) is 19.8. The van der Waals surface area contributed by atoms with Gasteiger partial charge in [0.15, 0.2) is 0 Å². The fourth-order valence-electron chi connectivity index (χ4n) is 4.02. The summed E-state index contributed by atoms with van der Waals surface area (Å²) in [7, 11) is 0. The van der Waals surface area contributed by atoms with Crippen molar-refractivity contribution in [3.05, 3.63) is 66.0 Å². The summed E-state index contributed by atoms with van der Waals surface area (Å²) in [6.07, 6.45) is 1.51. The Morgan fingerprint density at radius 1 is 1.16 bits per heavy atom. The van der Waals surface area contributed by atoms with Gasteiger partial charge in [0.1, 0.15) is 23.6 Å². The first kappa shape index (κ1) is 21.7. The number of anilines is 2. The van der Waals surface area contributed by atoms with Crippen LogP contribution in [0.25, 0.3) is 11.3 Å². The van der Waals surface area contributed by atoms with Crippen molar-refractivity contribution in [2.45, 2.75) is 31.4 Å². The van der Waals surface area contributed by atoms with Gasteiger partial charge in [-0.25, -0.2) is 13.2 Å². The fourth-order valence-corrected chi connectivity index (χ4v) is 4.02. The summed E-state index contributed by atoms with van der Waals surface area (Å²) in [5.41, 5.74) is 0.542. The molecule has 2 aromatic heterocycles. The Bertz CT molecular complexity index is 1100. The van der Waals surface area contributed by atoms with Crippen molar-refractivity contribution in [2.24, 2.45) is 0 Å². The van der Waals surface area contributed by atoms with E-state index in [1.807, 2.05) is 6.92 Å². The number of pyridine rings is 1. The molecular formula is C23H22F3N5O. The molecular weight excluding hydrogens is 419 g/mol. The van der Waals surface area contributed by atoms with Gasteiger partial charge in [-0.15, -0.1) is 10.2 Å². The van der Waals surface area contributed by atoms with E-state index in [-0.39, 0.29) is 30.6 Å². The van der Waals surface area contributed by atoms with Gasteiger partial charge < -0.3 is 10.2 Å². The quantitative estimate of drug-likeness (QED) is 0.529. The van der Waals surface area contributed by atoms with Crippen LogP contribution >= 0.6 is 0 Å². The molecule has 1 amide bonds. The number of halogens is 3. The smallest absolute Gasteiger partial charge is 0.214 e. The highest BCUT2D eigenvalue weighted by Crippen LogP contribution is 2.45. The minimum atomic E-state index is -1.00. The SMILES string of the molecule is CCN(C=O)c1ccc(F)c(-c2ccc(NCC3(c4ncccc4F)CC(F)C3)nn2)c1. The number of aromatic nitrogens is 3. The lowest BCUT2D eigenvalue weighted by molar-refractivity contribution is -0.107. The van der Waals surface area contributed by atoms with E-state index in [1.165, 1.54) is 35.4 Å². The van der Waals surface area contributed by atoms with Crippen LogP contribution < -0.4 is 10.2 Å². The molecule has 0 spiro atoms. The molecule has 0 aliphatic heterocycles. The molecule has 4 rings (SSSR count). The summed E-state index contributed by atoms with van der Waals surface area (Å²) in [6, 6.07) is 10.4. The molecule has 0 bridgehead atoms. The molecule has 1 aliphatic rings. The summed E-state index contributed by atoms with van der Waals surface area (Å²) >= 11 is 0. The van der Waals surface area contributed by atoms with Gasteiger partial charge >= 0.3 is 0 Å². The minimum absolute atomic E-state index is 0.169. The molecule has 1 N–H and O–H groups in total. The summed E-state index contributed by atoms with van der Waals surface area (Å²) < 4.78 is 42.4. The average Bonchev–Trinajstić information content (AvgIpc) is 2.78. The number of carbonyl (C=O) groups is 1. The molecule has 166 valence electrons. The fraction of sp³-hybridized carbons (Fsp3) is 0.304. The van der Waals surface area contributed by atoms with Gasteiger partial charge in [-0.3, -0.25) is 9.78 Å². The predicted molar refractivity (Wildman–Crippen MR) is 115 cm³/mol. The molecule has 0 unspecified atom stereocenters. The Balaban J connectivity index is 1.52. The molecule has 1 saturated carbocycles. The Hall–Kier alpha value is -3.49. The van der Waals surface area contributed by atoms with Gasteiger partial charge in [0.05, 0.1) is 11.4 Å². The van der Waals surface area contributed by atoms with E-state index in [4.69, 9.17) is 0 Å². The van der Waals surface area contributed by atoms with E-state index in [1.54, 1.807) is 18.2 Å². The Labute approximate surface area is 183 Å². The van der Waals surface area contributed by atoms with Crippen LogP contribution in [0.1, 0.15) is 25.5 Å². The van der Waals surface area contributed by atoms with Crippen molar-refractivity contribution in [1.82, 2.24) is 15.2 Å². The van der Waals surface area contributed by atoms with Crippen molar-refractivity contribution in [2.75, 3.05) is 23.3 Å². The number of hydrogen-bond donors (Lipinski definition) is 1. The first-order chi connectivity index (χ1) is 15.5. The summed E-state index contributed by atoms with van der Waals surface area (Å²) in [5, 5.41) is 11.3. The van der Waals surface area contributed by atoms with Crippen LogP contribution in [-0.2, 0) is 10.2 Å². The molecule has 0 saturated heterocycles. The zero-order valence-electron chi connectivity index (χ0n) is 17.4. The third-order valence-electron chi connectivity index (χ3n) is 5.78. The number of benzene rings is 1. The summed E-state index contributed by atoms with van der Waals surface area (Å²) in [4.78, 5) is 16.8. The van der Waals surface area contributed by atoms with E-state index >= 15 is 0 Å². The van der Waals surface area contributed by atoms with Gasteiger partial charge in [0, 0.05) is 36.0 Å². The summed E-state index contributed by atoms with van der Waals surface area (Å²) in [5.74, 6) is -0.556. The highest BCUT2D eigenvalue weighted by atomic mass is 19.1. The third-order valence-corrected chi connectivity index (χ3v) is 5.78. The molecule has 1 aromatic carbocycles. The maximum Gasteiger partial charge on any atom is 0.214 e. The van der Waals surface area contributed by atoms with Crippen molar-refractivity contribution in [1.29, 1.82) is 0 Å². The molecule has 32 heavy (non-hydrogen) atoms. The van der Waals surface area contributed by atoms with Crippen LogP contribution in [0.2, 0.25) is 0 Å². The van der Waals surface area contributed by atoms with E-state index < -0.39 is 23.2 Å². The van der Waals surface area contributed by atoms with E-state index in [2.05, 4.69) is 20.5 Å². The minimum Gasteiger partial charge on any atom is -0.368 e. The van der Waals surface area contributed by atoms with Crippen LogP contribution in [0.15, 0.2) is 48.7 Å². The van der Waals surface area contributed by atoms with Crippen molar-refractivity contribution in [3.8, 4) is 11.3 Å². The zero-order chi connectivity index (χ0) is 22.7. The number of carbonyl (C=O) groups excluding carboxylic acids is 1. The monoisotopic (exact) mass is 441 g/mol. The molecule has 9 heteroatoms. The Kier molecular flexibility index (Phi) is 6.07. The first-order valence-corrected chi connectivity index (χ1v) is 10.3. The zero-order valence-corrected chi connectivity index (χ0v) is 17.4. The molecule has 2 heterocycles. The topological polar surface area (TPSA) is 71.0 Å². The maximum atomic E-state index is 14.4. The number of hydrogen-bond acceptors (Lipinski definition) is 5. The maximum absolute atomic E-state index is 14.4. The van der Waals surface area contributed by atoms with E-state index in [0.717, 1.165) is 0 Å². The van der Waals surface area contributed by atoms with Gasteiger partial charge in [0.25, 0.3) is 0 Å². The second kappa shape index (κ2) is 8.94. The molecule has 3 aromatic rings. The lowest BCUT2D eigenvalue weighted by atomic mass is 9.65. The van der Waals surface area contributed by atoms with Crippen LogP contribution in [0.5, 0.6) is 0 Å². The number of nitrogens with one attached hydrogen (secondary N) is 1. The number of nitrogens with zero attached hydrogens (tertiary/aromatic N) is 4. The molecule has 0 atom stereocenters. The number of alkyl halides is 1. The third kappa shape index (κ3) is 4.15. The van der Waals surface area contributed by atoms with Crippen LogP contribution in [0, 0.1) is 11.6 Å². The van der Waals surface area contributed by atoms with Gasteiger partial charge in [0.2, 0.25) is 6.41 Å². The predicted octanol–water partition coefficient (Wildman–Crippen LogP) is 4.28. The highest BCUT2D eigenvalue weighted by molar-refractivity contribution is 5.78. The van der Waals surface area contributed by atoms with Crippen LogP contribution in [-0.4, -0.2) is 40.9 Å². The lowest BCUT2D eigenvalue weighted by Gasteiger charge is -2.44. The van der Waals surface area contributed by atoms with Crippen LogP contribution in [0.4, 0.5) is 24.7 Å². The Morgan fingerprint density at radius 3 is 2.59 bits per heavy atom. The van der Waals surface area contributed by atoms with Crippen LogP contribution in [0.3, 0.4) is 0 Å². The van der Waals surface area contributed by atoms with Crippen molar-refractivity contribution < 1.29 is 18.0 Å². The van der Waals surface area contributed by atoms with Gasteiger partial charge in [-0.2, -0.15) is 0 Å². The lowest BCUT2D eigenvalue weighted by Crippen LogP contribution is -2.49. The average molecular weight is 441 g/mol. The van der Waals surface area contributed by atoms with E-state index in [0.29, 0.717) is 30.2 Å². The van der Waals surface area contributed by atoms with Gasteiger partial charge in [-0.05, 0) is 62.2 Å². The highest BCUT2D eigenvalue weighted by Gasteiger charge is 2.48. The summed E-state index contributed by atoms with van der Waals surface area (Å²) in [6.45, 7) is 2.50. The second-order valence-electron chi connectivity index (χ2n) is 7.83. The molecule has 1 fully saturated rings. The first-order valence-electron chi connectivity index (χ1n) is 10.3. The second-order valence-corrected chi connectivity index (χ2v) is 7.83. The standard InChI is InChI=1S/C23H22F3N5O/c1-2-31(14-32)16-5-6-18(25)17(10-16)20-7-8-21(30-29-20)28-13-23(11-15(24)12-23)22-19(26)4-3-9-27-22/h3-10,14-15H,2,11-13H2,1H3,(H,28,30). The largest absolute Gasteiger partial charge is 0.368 e. The number of amides is 1. The van der Waals surface area contributed by atoms with Crippen molar-refractivity contribution >= 4 is 17.9 Å². The van der Waals surface area contributed by atoms with Crippen molar-refractivity contribution in [3.63, 3.8) is 0 Å². The molecule has 6 nitrogen and oxygen atoms in total. The van der Waals surface area contributed by atoms with E-state index in [9.17, 15) is 18.0 Å².